The van der Waals surface area contributed by atoms with Crippen LogP contribution < -0.4 is 4.90 Å². The summed E-state index contributed by atoms with van der Waals surface area (Å²) in [7, 11) is 0. The van der Waals surface area contributed by atoms with Gasteiger partial charge in [-0.3, -0.25) is 0 Å². The summed E-state index contributed by atoms with van der Waals surface area (Å²) in [4.78, 5) is 13.6. The highest BCUT2D eigenvalue weighted by atomic mass is 32.1. The van der Waals surface area contributed by atoms with Crippen molar-refractivity contribution in [2.45, 2.75) is 33.1 Å². The second kappa shape index (κ2) is 4.69. The van der Waals surface area contributed by atoms with Crippen LogP contribution in [0.15, 0.2) is 12.1 Å². The molecule has 17 heavy (non-hydrogen) atoms. The van der Waals surface area contributed by atoms with Crippen LogP contribution in [0.3, 0.4) is 0 Å². The first kappa shape index (κ1) is 12.4. The molecule has 0 aromatic carbocycles. The number of aromatic carboxylic acids is 1. The normalized spacial score (nSPS) is 19.3. The molecule has 1 fully saturated rings. The van der Waals surface area contributed by atoms with Crippen molar-refractivity contribution in [1.82, 2.24) is 0 Å². The summed E-state index contributed by atoms with van der Waals surface area (Å²) in [6.07, 6.45) is 3.62. The van der Waals surface area contributed by atoms with E-state index in [1.165, 1.54) is 30.6 Å². The molecule has 0 saturated carbocycles. The molecule has 1 aromatic rings. The van der Waals surface area contributed by atoms with Crippen LogP contribution in [0.1, 0.15) is 42.8 Å². The number of carboxylic acid groups (broad SMARTS) is 1. The van der Waals surface area contributed by atoms with E-state index < -0.39 is 5.97 Å². The molecule has 94 valence electrons. The largest absolute Gasteiger partial charge is 0.477 e. The number of carbonyl (C=O) groups is 1. The topological polar surface area (TPSA) is 40.5 Å². The van der Waals surface area contributed by atoms with E-state index in [1.807, 2.05) is 6.07 Å². The lowest BCUT2D eigenvalue weighted by Crippen LogP contribution is -2.37. The average Bonchev–Trinajstić information content (AvgIpc) is 2.79. The van der Waals surface area contributed by atoms with Crippen LogP contribution in [-0.2, 0) is 0 Å². The van der Waals surface area contributed by atoms with Gasteiger partial charge >= 0.3 is 5.97 Å². The minimum absolute atomic E-state index is 0.434. The number of anilines is 1. The SMILES string of the molecule is CCC1(C)CCN(c2ccc(C(=O)O)s2)CC1. The first-order valence-electron chi connectivity index (χ1n) is 6.12. The quantitative estimate of drug-likeness (QED) is 0.896. The van der Waals surface area contributed by atoms with Crippen LogP contribution in [0, 0.1) is 5.41 Å². The highest BCUT2D eigenvalue weighted by Crippen LogP contribution is 2.37. The van der Waals surface area contributed by atoms with Gasteiger partial charge in [0.2, 0.25) is 0 Å². The number of rotatable bonds is 3. The first-order chi connectivity index (χ1) is 8.04. The van der Waals surface area contributed by atoms with Crippen LogP contribution in [0.2, 0.25) is 0 Å². The molecule has 1 aliphatic rings. The Bertz CT molecular complexity index is 405. The summed E-state index contributed by atoms with van der Waals surface area (Å²) in [5.41, 5.74) is 0.476. The van der Waals surface area contributed by atoms with E-state index in [2.05, 4.69) is 18.7 Å². The summed E-state index contributed by atoms with van der Waals surface area (Å²) in [5.74, 6) is -0.823. The maximum Gasteiger partial charge on any atom is 0.345 e. The third-order valence-electron chi connectivity index (χ3n) is 3.94. The Morgan fingerprint density at radius 3 is 2.59 bits per heavy atom. The van der Waals surface area contributed by atoms with Gasteiger partial charge in [0.25, 0.3) is 0 Å². The van der Waals surface area contributed by atoms with Crippen molar-refractivity contribution >= 4 is 22.3 Å². The van der Waals surface area contributed by atoms with Crippen molar-refractivity contribution in [3.63, 3.8) is 0 Å². The lowest BCUT2D eigenvalue weighted by molar-refractivity contribution is 0.0702. The predicted molar refractivity (Wildman–Crippen MR) is 71.1 cm³/mol. The zero-order chi connectivity index (χ0) is 12.5. The summed E-state index contributed by atoms with van der Waals surface area (Å²) >= 11 is 1.38. The number of hydrogen-bond donors (Lipinski definition) is 1. The number of piperidine rings is 1. The van der Waals surface area contributed by atoms with Crippen molar-refractivity contribution < 1.29 is 9.90 Å². The van der Waals surface area contributed by atoms with Gasteiger partial charge in [-0.25, -0.2) is 4.79 Å². The van der Waals surface area contributed by atoms with Crippen LogP contribution >= 0.6 is 11.3 Å². The Morgan fingerprint density at radius 2 is 2.12 bits per heavy atom. The Kier molecular flexibility index (Phi) is 3.43. The molecule has 2 rings (SSSR count). The summed E-state index contributed by atoms with van der Waals surface area (Å²) in [6, 6.07) is 3.64. The maximum atomic E-state index is 10.8. The molecule has 0 amide bonds. The van der Waals surface area contributed by atoms with Gasteiger partial charge in [-0.15, -0.1) is 11.3 Å². The highest BCUT2D eigenvalue weighted by Gasteiger charge is 2.28. The van der Waals surface area contributed by atoms with Crippen molar-refractivity contribution in [2.75, 3.05) is 18.0 Å². The van der Waals surface area contributed by atoms with Crippen molar-refractivity contribution in [3.8, 4) is 0 Å². The Hall–Kier alpha value is -1.03. The van der Waals surface area contributed by atoms with Crippen LogP contribution in [-0.4, -0.2) is 24.2 Å². The fourth-order valence-electron chi connectivity index (χ4n) is 2.23. The third-order valence-corrected chi connectivity index (χ3v) is 5.07. The minimum atomic E-state index is -0.823. The molecule has 1 aliphatic heterocycles. The zero-order valence-corrected chi connectivity index (χ0v) is 11.2. The van der Waals surface area contributed by atoms with E-state index in [0.717, 1.165) is 18.1 Å². The number of carboxylic acids is 1. The molecule has 1 saturated heterocycles. The van der Waals surface area contributed by atoms with E-state index in [9.17, 15) is 4.79 Å². The fraction of sp³-hybridized carbons (Fsp3) is 0.615. The molecule has 1 N–H and O–H groups in total. The lowest BCUT2D eigenvalue weighted by Gasteiger charge is -2.39. The smallest absolute Gasteiger partial charge is 0.345 e. The molecule has 1 aromatic heterocycles. The fourth-order valence-corrected chi connectivity index (χ4v) is 3.13. The average molecular weight is 253 g/mol. The molecule has 4 heteroatoms. The van der Waals surface area contributed by atoms with E-state index in [4.69, 9.17) is 5.11 Å². The van der Waals surface area contributed by atoms with E-state index >= 15 is 0 Å². The standard InChI is InChI=1S/C13H19NO2S/c1-3-13(2)6-8-14(9-7-13)11-5-4-10(17-11)12(15)16/h4-5H,3,6-9H2,1-2H3,(H,15,16). The molecule has 0 bridgehead atoms. The molecular weight excluding hydrogens is 234 g/mol. The molecule has 0 unspecified atom stereocenters. The zero-order valence-electron chi connectivity index (χ0n) is 10.4. The van der Waals surface area contributed by atoms with Gasteiger partial charge in [-0.05, 0) is 30.4 Å². The number of thiophene rings is 1. The monoisotopic (exact) mass is 253 g/mol. The first-order valence-corrected chi connectivity index (χ1v) is 6.94. The van der Waals surface area contributed by atoms with Crippen molar-refractivity contribution in [1.29, 1.82) is 0 Å². The summed E-state index contributed by atoms with van der Waals surface area (Å²) < 4.78 is 0. The van der Waals surface area contributed by atoms with Gasteiger partial charge < -0.3 is 10.0 Å². The van der Waals surface area contributed by atoms with Gasteiger partial charge in [0.05, 0.1) is 5.00 Å². The van der Waals surface area contributed by atoms with Gasteiger partial charge in [0, 0.05) is 13.1 Å². The van der Waals surface area contributed by atoms with Crippen LogP contribution in [0.5, 0.6) is 0 Å². The van der Waals surface area contributed by atoms with E-state index in [0.29, 0.717) is 10.3 Å². The van der Waals surface area contributed by atoms with Crippen LogP contribution in [0.25, 0.3) is 0 Å². The van der Waals surface area contributed by atoms with Gasteiger partial charge in [-0.2, -0.15) is 0 Å². The Balaban J connectivity index is 2.03. The molecule has 0 atom stereocenters. The van der Waals surface area contributed by atoms with Crippen molar-refractivity contribution in [2.24, 2.45) is 5.41 Å². The van der Waals surface area contributed by atoms with Crippen LogP contribution in [0.4, 0.5) is 5.00 Å². The Morgan fingerprint density at radius 1 is 1.47 bits per heavy atom. The lowest BCUT2D eigenvalue weighted by atomic mass is 9.78. The third kappa shape index (κ3) is 2.63. The van der Waals surface area contributed by atoms with Crippen molar-refractivity contribution in [3.05, 3.63) is 17.0 Å². The van der Waals surface area contributed by atoms with Gasteiger partial charge in [-0.1, -0.05) is 20.3 Å². The number of hydrogen-bond acceptors (Lipinski definition) is 3. The molecule has 0 radical (unpaired) electrons. The second-order valence-corrected chi connectivity index (χ2v) is 6.16. The molecular formula is C13H19NO2S. The van der Waals surface area contributed by atoms with Gasteiger partial charge in [0.15, 0.2) is 0 Å². The molecule has 0 spiro atoms. The predicted octanol–water partition coefficient (Wildman–Crippen LogP) is 3.46. The molecule has 2 heterocycles. The number of nitrogens with zero attached hydrogens (tertiary/aromatic N) is 1. The highest BCUT2D eigenvalue weighted by molar-refractivity contribution is 7.17. The molecule has 0 aliphatic carbocycles. The van der Waals surface area contributed by atoms with E-state index in [1.54, 1.807) is 6.07 Å². The van der Waals surface area contributed by atoms with E-state index in [-0.39, 0.29) is 0 Å². The maximum absolute atomic E-state index is 10.8. The minimum Gasteiger partial charge on any atom is -0.477 e. The molecule has 3 nitrogen and oxygen atoms in total. The second-order valence-electron chi connectivity index (χ2n) is 5.09. The Labute approximate surface area is 106 Å². The summed E-state index contributed by atoms with van der Waals surface area (Å²) in [6.45, 7) is 6.69. The summed E-state index contributed by atoms with van der Waals surface area (Å²) in [5, 5.41) is 10.0. The van der Waals surface area contributed by atoms with Gasteiger partial charge in [0.1, 0.15) is 4.88 Å².